The molecule has 0 radical (unpaired) electrons. The number of fused-ring (bicyclic) bond motifs is 1. The number of rotatable bonds is 2. The molecule has 0 aromatic carbocycles. The quantitative estimate of drug-likeness (QED) is 0.785. The molecule has 3 heteroatoms. The molecule has 0 aliphatic heterocycles. The van der Waals surface area contributed by atoms with Crippen LogP contribution in [0.1, 0.15) is 37.4 Å². The topological polar surface area (TPSA) is 45.2 Å². The molecule has 0 amide bonds. The molecule has 0 spiro atoms. The first-order chi connectivity index (χ1) is 7.31. The molecule has 1 aliphatic rings. The maximum atomic E-state index is 11.2. The molecule has 0 saturated carbocycles. The molecule has 1 aromatic heterocycles. The van der Waals surface area contributed by atoms with Crippen LogP contribution < -0.4 is 5.56 Å². The predicted molar refractivity (Wildman–Crippen MR) is 61.7 cm³/mol. The van der Waals surface area contributed by atoms with E-state index in [0.717, 1.165) is 49.2 Å². The molecule has 1 heterocycles. The maximum Gasteiger partial charge on any atom is 0.248 e. The number of aromatic amines is 1. The monoisotopic (exact) mass is 204 g/mol. The summed E-state index contributed by atoms with van der Waals surface area (Å²) in [6, 6.07) is 3.49. The normalized spacial score (nSPS) is 17.8. The summed E-state index contributed by atoms with van der Waals surface area (Å²) in [5.74, 6) is 0. The highest BCUT2D eigenvalue weighted by Crippen LogP contribution is 2.18. The van der Waals surface area contributed by atoms with E-state index < -0.39 is 0 Å². The van der Waals surface area contributed by atoms with Gasteiger partial charge in [0.05, 0.1) is 0 Å². The molecule has 1 N–H and O–H groups in total. The second-order valence-electron chi connectivity index (χ2n) is 3.90. The Balaban J connectivity index is 2.38. The highest BCUT2D eigenvalue weighted by atomic mass is 16.1. The lowest BCUT2D eigenvalue weighted by Gasteiger charge is -2.17. The first kappa shape index (κ1) is 10.1. The van der Waals surface area contributed by atoms with Crippen molar-refractivity contribution in [3.63, 3.8) is 0 Å². The summed E-state index contributed by atoms with van der Waals surface area (Å²) in [6.45, 7) is 3.01. The van der Waals surface area contributed by atoms with Gasteiger partial charge < -0.3 is 4.98 Å². The van der Waals surface area contributed by atoms with E-state index in [0.29, 0.717) is 0 Å². The van der Waals surface area contributed by atoms with E-state index in [4.69, 9.17) is 0 Å². The van der Waals surface area contributed by atoms with Crippen molar-refractivity contribution < 1.29 is 0 Å². The van der Waals surface area contributed by atoms with E-state index in [1.54, 1.807) is 6.07 Å². The van der Waals surface area contributed by atoms with Crippen molar-refractivity contribution in [3.8, 4) is 0 Å². The molecule has 0 unspecified atom stereocenters. The fourth-order valence-corrected chi connectivity index (χ4v) is 1.96. The summed E-state index contributed by atoms with van der Waals surface area (Å²) < 4.78 is 0. The number of nitrogens with one attached hydrogen (secondary N) is 1. The molecule has 15 heavy (non-hydrogen) atoms. The second-order valence-corrected chi connectivity index (χ2v) is 3.90. The van der Waals surface area contributed by atoms with Gasteiger partial charge in [-0.2, -0.15) is 0 Å². The van der Waals surface area contributed by atoms with Gasteiger partial charge in [-0.1, -0.05) is 6.92 Å². The second kappa shape index (κ2) is 4.43. The van der Waals surface area contributed by atoms with Crippen LogP contribution in [0.25, 0.3) is 0 Å². The van der Waals surface area contributed by atoms with Gasteiger partial charge in [-0.05, 0) is 31.7 Å². The van der Waals surface area contributed by atoms with E-state index in [1.165, 1.54) is 0 Å². The number of pyridine rings is 1. The van der Waals surface area contributed by atoms with Gasteiger partial charge in [-0.3, -0.25) is 9.79 Å². The number of hydrogen-bond acceptors (Lipinski definition) is 2. The zero-order valence-electron chi connectivity index (χ0n) is 9.05. The Hall–Kier alpha value is -1.38. The van der Waals surface area contributed by atoms with Crippen molar-refractivity contribution in [2.45, 2.75) is 32.6 Å². The Labute approximate surface area is 89.3 Å². The van der Waals surface area contributed by atoms with Crippen molar-refractivity contribution >= 4 is 5.71 Å². The first-order valence-electron chi connectivity index (χ1n) is 5.57. The van der Waals surface area contributed by atoms with Gasteiger partial charge in [0.15, 0.2) is 0 Å². The minimum absolute atomic E-state index is 0.00880. The summed E-state index contributed by atoms with van der Waals surface area (Å²) in [5.41, 5.74) is 3.36. The van der Waals surface area contributed by atoms with Crippen LogP contribution in [0, 0.1) is 0 Å². The van der Waals surface area contributed by atoms with Crippen molar-refractivity contribution in [1.29, 1.82) is 0 Å². The van der Waals surface area contributed by atoms with Crippen molar-refractivity contribution in [2.24, 2.45) is 4.99 Å². The third-order valence-electron chi connectivity index (χ3n) is 2.68. The molecule has 0 bridgehead atoms. The predicted octanol–water partition coefficient (Wildman–Crippen LogP) is 1.91. The molecule has 0 atom stereocenters. The molecule has 1 aromatic rings. The smallest absolute Gasteiger partial charge is 0.248 e. The molecule has 0 fully saturated rings. The summed E-state index contributed by atoms with van der Waals surface area (Å²) >= 11 is 0. The van der Waals surface area contributed by atoms with Crippen LogP contribution >= 0.6 is 0 Å². The fraction of sp³-hybridized carbons (Fsp3) is 0.500. The molecule has 2 rings (SSSR count). The Kier molecular flexibility index (Phi) is 2.99. The Bertz CT molecular complexity index is 431. The van der Waals surface area contributed by atoms with Crippen LogP contribution in [0.2, 0.25) is 0 Å². The number of H-pyrrole nitrogens is 1. The van der Waals surface area contributed by atoms with Gasteiger partial charge in [0, 0.05) is 29.6 Å². The lowest BCUT2D eigenvalue weighted by Crippen LogP contribution is -2.18. The molecule has 80 valence electrons. The number of hydrogen-bond donors (Lipinski definition) is 1. The molecule has 0 saturated heterocycles. The molecular weight excluding hydrogens is 188 g/mol. The molecule has 3 nitrogen and oxygen atoms in total. The summed E-state index contributed by atoms with van der Waals surface area (Å²) in [6.07, 6.45) is 4.17. The zero-order valence-corrected chi connectivity index (χ0v) is 9.05. The van der Waals surface area contributed by atoms with Crippen molar-refractivity contribution in [2.75, 3.05) is 6.54 Å². The van der Waals surface area contributed by atoms with E-state index in [-0.39, 0.29) is 5.56 Å². The third kappa shape index (κ3) is 2.17. The minimum atomic E-state index is -0.00880. The fourth-order valence-electron chi connectivity index (χ4n) is 1.96. The van der Waals surface area contributed by atoms with Crippen LogP contribution in [-0.4, -0.2) is 17.2 Å². The van der Waals surface area contributed by atoms with Crippen molar-refractivity contribution in [1.82, 2.24) is 4.98 Å². The zero-order chi connectivity index (χ0) is 10.7. The minimum Gasteiger partial charge on any atom is -0.326 e. The van der Waals surface area contributed by atoms with Gasteiger partial charge in [0.1, 0.15) is 0 Å². The molecule has 1 aliphatic carbocycles. The standard InChI is InChI=1S/C12H16N2O/c1-2-8-13-10-4-3-5-11-9(10)6-7-12(15)14-11/h6-7H,2-5,8H2,1H3,(H,14,15). The van der Waals surface area contributed by atoms with Crippen molar-refractivity contribution in [3.05, 3.63) is 33.7 Å². The van der Waals surface area contributed by atoms with Crippen LogP contribution in [0.4, 0.5) is 0 Å². The maximum absolute atomic E-state index is 11.2. The van der Waals surface area contributed by atoms with Gasteiger partial charge in [-0.25, -0.2) is 0 Å². The lowest BCUT2D eigenvalue weighted by atomic mass is 9.94. The van der Waals surface area contributed by atoms with E-state index in [2.05, 4.69) is 16.9 Å². The van der Waals surface area contributed by atoms with Crippen LogP contribution in [0.3, 0.4) is 0 Å². The number of nitrogens with zero attached hydrogens (tertiary/aromatic N) is 1. The Morgan fingerprint density at radius 3 is 3.07 bits per heavy atom. The highest BCUT2D eigenvalue weighted by Gasteiger charge is 2.15. The van der Waals surface area contributed by atoms with Crippen LogP contribution in [-0.2, 0) is 6.42 Å². The SMILES string of the molecule is CCCN=C1CCCc2[nH]c(=O)ccc21. The summed E-state index contributed by atoms with van der Waals surface area (Å²) in [7, 11) is 0. The van der Waals surface area contributed by atoms with Gasteiger partial charge in [-0.15, -0.1) is 0 Å². The first-order valence-corrected chi connectivity index (χ1v) is 5.57. The summed E-state index contributed by atoms with van der Waals surface area (Å²) in [4.78, 5) is 18.6. The Morgan fingerprint density at radius 2 is 2.27 bits per heavy atom. The van der Waals surface area contributed by atoms with Gasteiger partial charge in [0.25, 0.3) is 0 Å². The average molecular weight is 204 g/mol. The lowest BCUT2D eigenvalue weighted by molar-refractivity contribution is 0.795. The van der Waals surface area contributed by atoms with Crippen LogP contribution in [0.15, 0.2) is 21.9 Å². The van der Waals surface area contributed by atoms with Gasteiger partial charge >= 0.3 is 0 Å². The highest BCUT2D eigenvalue weighted by molar-refractivity contribution is 6.02. The Morgan fingerprint density at radius 1 is 1.40 bits per heavy atom. The van der Waals surface area contributed by atoms with E-state index in [9.17, 15) is 4.79 Å². The summed E-state index contributed by atoms with van der Waals surface area (Å²) in [5, 5.41) is 0. The third-order valence-corrected chi connectivity index (χ3v) is 2.68. The average Bonchev–Trinajstić information content (AvgIpc) is 2.25. The number of aromatic nitrogens is 1. The van der Waals surface area contributed by atoms with Crippen LogP contribution in [0.5, 0.6) is 0 Å². The van der Waals surface area contributed by atoms with E-state index in [1.807, 2.05) is 6.07 Å². The van der Waals surface area contributed by atoms with Gasteiger partial charge in [0.2, 0.25) is 5.56 Å². The van der Waals surface area contributed by atoms with E-state index >= 15 is 0 Å². The molecular formula is C12H16N2O. The largest absolute Gasteiger partial charge is 0.326 e. The number of aliphatic imine (C=N–C) groups is 1. The number of aryl methyl sites for hydroxylation is 1.